The lowest BCUT2D eigenvalue weighted by Gasteiger charge is -2.12. The molecule has 10 heteroatoms. The van der Waals surface area contributed by atoms with E-state index in [0.29, 0.717) is 39.7 Å². The molecule has 0 saturated heterocycles. The third-order valence-electron chi connectivity index (χ3n) is 5.15. The molecule has 170 valence electrons. The number of para-hydroxylation sites is 1. The Morgan fingerprint density at radius 1 is 1.09 bits per heavy atom. The number of carbonyl (C=O) groups is 1. The summed E-state index contributed by atoms with van der Waals surface area (Å²) in [5.41, 5.74) is 2.21. The van der Waals surface area contributed by atoms with Crippen molar-refractivity contribution in [3.05, 3.63) is 92.3 Å². The minimum atomic E-state index is -0.469. The van der Waals surface area contributed by atoms with Crippen molar-refractivity contribution in [3.8, 4) is 11.3 Å². The van der Waals surface area contributed by atoms with Gasteiger partial charge in [-0.25, -0.2) is 4.98 Å². The fourth-order valence-corrected chi connectivity index (χ4v) is 4.12. The van der Waals surface area contributed by atoms with Crippen molar-refractivity contribution < 1.29 is 9.21 Å². The van der Waals surface area contributed by atoms with E-state index < -0.39 is 5.91 Å². The van der Waals surface area contributed by atoms with Gasteiger partial charge in [-0.05, 0) is 34.1 Å². The third-order valence-corrected chi connectivity index (χ3v) is 6.04. The van der Waals surface area contributed by atoms with Crippen LogP contribution in [0.25, 0.3) is 27.9 Å². The first-order chi connectivity index (χ1) is 16.5. The van der Waals surface area contributed by atoms with Crippen LogP contribution in [0.4, 0.5) is 5.82 Å². The first-order valence-electron chi connectivity index (χ1n) is 10.4. The Balaban J connectivity index is 1.32. The molecular weight excluding hydrogens is 522 g/mol. The van der Waals surface area contributed by atoms with Gasteiger partial charge in [0.2, 0.25) is 0 Å². The maximum atomic E-state index is 12.5. The van der Waals surface area contributed by atoms with Gasteiger partial charge in [0.15, 0.2) is 16.8 Å². The summed E-state index contributed by atoms with van der Waals surface area (Å²) in [4.78, 5) is 29.4. The number of rotatable bonds is 6. The number of anilines is 1. The Hall–Kier alpha value is -3.69. The quantitative estimate of drug-likeness (QED) is 0.302. The van der Waals surface area contributed by atoms with Crippen LogP contribution >= 0.6 is 27.5 Å². The monoisotopic (exact) mass is 537 g/mol. The summed E-state index contributed by atoms with van der Waals surface area (Å²) in [6.07, 6.45) is 1.66. The van der Waals surface area contributed by atoms with E-state index >= 15 is 0 Å². The molecule has 3 aromatic heterocycles. The van der Waals surface area contributed by atoms with Crippen LogP contribution in [0.15, 0.2) is 80.5 Å². The Bertz CT molecular complexity index is 1600. The summed E-state index contributed by atoms with van der Waals surface area (Å²) < 4.78 is 7.98. The second-order valence-corrected chi connectivity index (χ2v) is 8.65. The van der Waals surface area contributed by atoms with Crippen LogP contribution in [-0.4, -0.2) is 33.6 Å². The zero-order valence-electron chi connectivity index (χ0n) is 17.6. The van der Waals surface area contributed by atoms with E-state index in [1.807, 2.05) is 30.3 Å². The molecule has 0 aliphatic heterocycles. The summed E-state index contributed by atoms with van der Waals surface area (Å²) in [6, 6.07) is 17.3. The van der Waals surface area contributed by atoms with Crippen LogP contribution in [-0.2, 0) is 0 Å². The van der Waals surface area contributed by atoms with Crippen molar-refractivity contribution >= 4 is 55.9 Å². The second-order valence-electron chi connectivity index (χ2n) is 7.39. The standard InChI is InChI=1S/C24H17BrClN5O3/c25-16-13-29-31-22(11-18(30-23(16)31)14-5-1-3-7-17(14)26)27-9-10-28-24(33)21-12-19(32)15-6-2-4-8-20(15)34-21/h1-8,11-13,27H,9-10H2,(H,28,33). The third kappa shape index (κ3) is 4.27. The van der Waals surface area contributed by atoms with E-state index in [2.05, 4.69) is 36.6 Å². The topological polar surface area (TPSA) is 102 Å². The minimum absolute atomic E-state index is 0.0352. The van der Waals surface area contributed by atoms with Gasteiger partial charge in [0.1, 0.15) is 11.4 Å². The Kier molecular flexibility index (Phi) is 6.04. The van der Waals surface area contributed by atoms with Crippen LogP contribution < -0.4 is 16.1 Å². The van der Waals surface area contributed by atoms with E-state index in [0.717, 1.165) is 10.0 Å². The normalized spacial score (nSPS) is 11.1. The van der Waals surface area contributed by atoms with Crippen LogP contribution in [0.5, 0.6) is 0 Å². The fourth-order valence-electron chi connectivity index (χ4n) is 3.54. The van der Waals surface area contributed by atoms with Gasteiger partial charge in [-0.2, -0.15) is 9.61 Å². The van der Waals surface area contributed by atoms with E-state index in [1.165, 1.54) is 6.07 Å². The highest BCUT2D eigenvalue weighted by molar-refractivity contribution is 9.10. The van der Waals surface area contributed by atoms with E-state index in [9.17, 15) is 9.59 Å². The maximum absolute atomic E-state index is 12.5. The molecule has 8 nitrogen and oxygen atoms in total. The maximum Gasteiger partial charge on any atom is 0.287 e. The molecule has 0 saturated carbocycles. The number of benzene rings is 2. The zero-order chi connectivity index (χ0) is 23.7. The highest BCUT2D eigenvalue weighted by atomic mass is 79.9. The molecule has 0 radical (unpaired) electrons. The molecule has 5 aromatic rings. The molecule has 0 spiro atoms. The lowest BCUT2D eigenvalue weighted by atomic mass is 10.1. The molecule has 1 amide bonds. The molecule has 2 N–H and O–H groups in total. The highest BCUT2D eigenvalue weighted by Gasteiger charge is 2.14. The van der Waals surface area contributed by atoms with Gasteiger partial charge < -0.3 is 15.1 Å². The minimum Gasteiger partial charge on any atom is -0.451 e. The molecule has 0 fully saturated rings. The van der Waals surface area contributed by atoms with Crippen molar-refractivity contribution in [2.75, 3.05) is 18.4 Å². The second kappa shape index (κ2) is 9.28. The molecular formula is C24H17BrClN5O3. The Labute approximate surface area is 206 Å². The molecule has 3 heterocycles. The average molecular weight is 539 g/mol. The predicted octanol–water partition coefficient (Wildman–Crippen LogP) is 4.76. The number of fused-ring (bicyclic) bond motifs is 2. The number of halogens is 2. The number of amides is 1. The van der Waals surface area contributed by atoms with Gasteiger partial charge in [0.25, 0.3) is 5.91 Å². The molecule has 5 rings (SSSR count). The molecule has 34 heavy (non-hydrogen) atoms. The summed E-state index contributed by atoms with van der Waals surface area (Å²) in [7, 11) is 0. The molecule has 0 aliphatic rings. The average Bonchev–Trinajstić information content (AvgIpc) is 3.22. The number of hydrogen-bond donors (Lipinski definition) is 2. The first kappa shape index (κ1) is 22.1. The molecule has 0 bridgehead atoms. The molecule has 0 atom stereocenters. The Morgan fingerprint density at radius 3 is 2.74 bits per heavy atom. The van der Waals surface area contributed by atoms with Gasteiger partial charge in [0.05, 0.1) is 21.7 Å². The van der Waals surface area contributed by atoms with Gasteiger partial charge in [0, 0.05) is 35.8 Å². The van der Waals surface area contributed by atoms with Crippen molar-refractivity contribution in [2.45, 2.75) is 0 Å². The summed E-state index contributed by atoms with van der Waals surface area (Å²) in [5, 5.41) is 11.4. The predicted molar refractivity (Wildman–Crippen MR) is 134 cm³/mol. The summed E-state index contributed by atoms with van der Waals surface area (Å²) in [6.45, 7) is 0.672. The van der Waals surface area contributed by atoms with Crippen LogP contribution in [0.2, 0.25) is 5.02 Å². The SMILES string of the molecule is O=C(NCCNc1cc(-c2ccccc2Cl)nc2c(Br)cnn12)c1cc(=O)c2ccccc2o1. The smallest absolute Gasteiger partial charge is 0.287 e. The van der Waals surface area contributed by atoms with Crippen molar-refractivity contribution in [1.29, 1.82) is 0 Å². The largest absolute Gasteiger partial charge is 0.451 e. The van der Waals surface area contributed by atoms with Crippen LogP contribution in [0.1, 0.15) is 10.6 Å². The lowest BCUT2D eigenvalue weighted by Crippen LogP contribution is -2.29. The molecule has 2 aromatic carbocycles. The fraction of sp³-hybridized carbons (Fsp3) is 0.0833. The van der Waals surface area contributed by atoms with Gasteiger partial charge in [-0.15, -0.1) is 0 Å². The zero-order valence-corrected chi connectivity index (χ0v) is 19.9. The molecule has 0 unspecified atom stereocenters. The number of nitrogens with one attached hydrogen (secondary N) is 2. The van der Waals surface area contributed by atoms with E-state index in [-0.39, 0.29) is 17.7 Å². The van der Waals surface area contributed by atoms with Crippen molar-refractivity contribution in [1.82, 2.24) is 19.9 Å². The number of aromatic nitrogens is 3. The Morgan fingerprint density at radius 2 is 1.88 bits per heavy atom. The highest BCUT2D eigenvalue weighted by Crippen LogP contribution is 2.30. The summed E-state index contributed by atoms with van der Waals surface area (Å²) in [5.74, 6) is 0.173. The number of carbonyl (C=O) groups excluding carboxylic acids is 1. The lowest BCUT2D eigenvalue weighted by molar-refractivity contribution is 0.0928. The molecule has 0 aliphatic carbocycles. The number of hydrogen-bond acceptors (Lipinski definition) is 6. The van der Waals surface area contributed by atoms with Gasteiger partial charge in [-0.3, -0.25) is 9.59 Å². The first-order valence-corrected chi connectivity index (χ1v) is 11.5. The van der Waals surface area contributed by atoms with Crippen molar-refractivity contribution in [2.24, 2.45) is 0 Å². The summed E-state index contributed by atoms with van der Waals surface area (Å²) >= 11 is 9.85. The van der Waals surface area contributed by atoms with Crippen molar-refractivity contribution in [3.63, 3.8) is 0 Å². The van der Waals surface area contributed by atoms with Crippen LogP contribution in [0.3, 0.4) is 0 Å². The van der Waals surface area contributed by atoms with E-state index in [1.54, 1.807) is 35.0 Å². The number of nitrogens with zero attached hydrogens (tertiary/aromatic N) is 3. The van der Waals surface area contributed by atoms with Gasteiger partial charge in [-0.1, -0.05) is 41.9 Å². The van der Waals surface area contributed by atoms with Gasteiger partial charge >= 0.3 is 0 Å². The van der Waals surface area contributed by atoms with E-state index in [4.69, 9.17) is 16.0 Å². The van der Waals surface area contributed by atoms with Crippen LogP contribution in [0, 0.1) is 0 Å².